The predicted molar refractivity (Wildman–Crippen MR) is 81.0 cm³/mol. The molecule has 3 nitrogen and oxygen atoms in total. The molecule has 0 radical (unpaired) electrons. The second kappa shape index (κ2) is 5.24. The Hall–Kier alpha value is -1.51. The number of aliphatic imine (C=N–C) groups is 1. The first-order valence-electron chi connectivity index (χ1n) is 7.18. The minimum absolute atomic E-state index is 0.0965. The van der Waals surface area contributed by atoms with Crippen LogP contribution in [0.5, 0.6) is 0 Å². The summed E-state index contributed by atoms with van der Waals surface area (Å²) in [4.78, 5) is 6.88. The zero-order valence-corrected chi connectivity index (χ0v) is 12.4. The zero-order chi connectivity index (χ0) is 14.0. The van der Waals surface area contributed by atoms with E-state index in [4.69, 9.17) is 5.73 Å². The third-order valence-corrected chi connectivity index (χ3v) is 4.42. The summed E-state index contributed by atoms with van der Waals surface area (Å²) in [5, 5.41) is 0. The highest BCUT2D eigenvalue weighted by Gasteiger charge is 2.47. The molecular weight excluding hydrogens is 234 g/mol. The molecule has 0 saturated carbocycles. The quantitative estimate of drug-likeness (QED) is 0.903. The zero-order valence-electron chi connectivity index (χ0n) is 12.4. The molecule has 2 rings (SSSR count). The molecule has 0 aliphatic carbocycles. The Labute approximate surface area is 116 Å². The monoisotopic (exact) mass is 259 g/mol. The summed E-state index contributed by atoms with van der Waals surface area (Å²) in [5.41, 5.74) is 7.40. The summed E-state index contributed by atoms with van der Waals surface area (Å²) in [7, 11) is 0. The topological polar surface area (TPSA) is 41.6 Å². The lowest BCUT2D eigenvalue weighted by Gasteiger charge is -2.46. The molecule has 1 heterocycles. The van der Waals surface area contributed by atoms with Gasteiger partial charge >= 0.3 is 0 Å². The van der Waals surface area contributed by atoms with Crippen LogP contribution in [0.25, 0.3) is 0 Å². The second-order valence-electron chi connectivity index (χ2n) is 5.75. The Kier molecular flexibility index (Phi) is 3.83. The molecule has 1 aliphatic heterocycles. The first-order chi connectivity index (χ1) is 9.04. The lowest BCUT2D eigenvalue weighted by atomic mass is 9.78. The van der Waals surface area contributed by atoms with Crippen molar-refractivity contribution >= 4 is 5.96 Å². The van der Waals surface area contributed by atoms with Crippen molar-refractivity contribution in [3.05, 3.63) is 35.9 Å². The second-order valence-corrected chi connectivity index (χ2v) is 5.75. The number of nitrogens with two attached hydrogens (primary N) is 1. The van der Waals surface area contributed by atoms with Crippen molar-refractivity contribution in [2.75, 3.05) is 6.54 Å². The Morgan fingerprint density at radius 2 is 1.89 bits per heavy atom. The Morgan fingerprint density at radius 3 is 2.42 bits per heavy atom. The molecule has 0 fully saturated rings. The number of hydrogen-bond acceptors (Lipinski definition) is 3. The van der Waals surface area contributed by atoms with Gasteiger partial charge in [0.05, 0.1) is 12.1 Å². The van der Waals surface area contributed by atoms with Gasteiger partial charge in [0.25, 0.3) is 0 Å². The normalized spacial score (nSPS) is 24.7. The van der Waals surface area contributed by atoms with Gasteiger partial charge in [-0.15, -0.1) is 0 Å². The van der Waals surface area contributed by atoms with Crippen LogP contribution >= 0.6 is 0 Å². The highest BCUT2D eigenvalue weighted by atomic mass is 15.4. The summed E-state index contributed by atoms with van der Waals surface area (Å²) >= 11 is 0. The molecule has 1 aromatic carbocycles. The molecule has 2 atom stereocenters. The van der Waals surface area contributed by atoms with Crippen LogP contribution in [0.2, 0.25) is 0 Å². The first-order valence-corrected chi connectivity index (χ1v) is 7.18. The van der Waals surface area contributed by atoms with Crippen molar-refractivity contribution < 1.29 is 0 Å². The first kappa shape index (κ1) is 13.9. The summed E-state index contributed by atoms with van der Waals surface area (Å²) in [6.07, 6.45) is 1.07. The van der Waals surface area contributed by atoms with Crippen molar-refractivity contribution in [1.29, 1.82) is 0 Å². The average Bonchev–Trinajstić information content (AvgIpc) is 2.78. The van der Waals surface area contributed by atoms with E-state index >= 15 is 0 Å². The van der Waals surface area contributed by atoms with Gasteiger partial charge in [0.1, 0.15) is 0 Å². The number of nitrogens with zero attached hydrogens (tertiary/aromatic N) is 2. The van der Waals surface area contributed by atoms with Gasteiger partial charge in [-0.05, 0) is 24.8 Å². The van der Waals surface area contributed by atoms with E-state index in [0.717, 1.165) is 13.0 Å². The van der Waals surface area contributed by atoms with Crippen LogP contribution in [0.4, 0.5) is 0 Å². The molecule has 0 spiro atoms. The molecular formula is C16H25N3. The van der Waals surface area contributed by atoms with Gasteiger partial charge < -0.3 is 10.6 Å². The Bertz CT molecular complexity index is 452. The van der Waals surface area contributed by atoms with Crippen molar-refractivity contribution in [3.63, 3.8) is 0 Å². The highest BCUT2D eigenvalue weighted by Crippen LogP contribution is 2.41. The molecule has 2 N–H and O–H groups in total. The molecule has 0 bridgehead atoms. The maximum atomic E-state index is 6.18. The molecule has 19 heavy (non-hydrogen) atoms. The highest BCUT2D eigenvalue weighted by molar-refractivity contribution is 5.81. The number of guanidine groups is 1. The molecule has 0 aromatic heterocycles. The van der Waals surface area contributed by atoms with Gasteiger partial charge in [-0.2, -0.15) is 0 Å². The molecule has 1 aromatic rings. The van der Waals surface area contributed by atoms with Crippen LogP contribution in [-0.2, 0) is 5.54 Å². The molecule has 0 saturated heterocycles. The van der Waals surface area contributed by atoms with Gasteiger partial charge in [-0.25, -0.2) is 0 Å². The largest absolute Gasteiger partial charge is 0.370 e. The van der Waals surface area contributed by atoms with E-state index in [1.54, 1.807) is 0 Å². The number of rotatable bonds is 4. The summed E-state index contributed by atoms with van der Waals surface area (Å²) in [5.74, 6) is 1.14. The maximum Gasteiger partial charge on any atom is 0.192 e. The fourth-order valence-corrected chi connectivity index (χ4v) is 3.11. The van der Waals surface area contributed by atoms with E-state index < -0.39 is 0 Å². The summed E-state index contributed by atoms with van der Waals surface area (Å²) in [6.45, 7) is 9.71. The van der Waals surface area contributed by atoms with Crippen LogP contribution in [0.15, 0.2) is 35.3 Å². The van der Waals surface area contributed by atoms with Crippen LogP contribution in [0, 0.1) is 5.92 Å². The van der Waals surface area contributed by atoms with Crippen molar-refractivity contribution in [1.82, 2.24) is 4.90 Å². The van der Waals surface area contributed by atoms with Crippen LogP contribution in [0.3, 0.4) is 0 Å². The molecule has 2 unspecified atom stereocenters. The van der Waals surface area contributed by atoms with E-state index in [1.807, 2.05) is 0 Å². The van der Waals surface area contributed by atoms with Crippen molar-refractivity contribution in [2.45, 2.75) is 45.7 Å². The van der Waals surface area contributed by atoms with E-state index in [9.17, 15) is 0 Å². The molecule has 1 aliphatic rings. The maximum absolute atomic E-state index is 6.18. The lowest BCUT2D eigenvalue weighted by Crippen LogP contribution is -2.56. The number of benzene rings is 1. The summed E-state index contributed by atoms with van der Waals surface area (Å²) in [6, 6.07) is 11.1. The molecule has 104 valence electrons. The Balaban J connectivity index is 2.52. The van der Waals surface area contributed by atoms with Crippen LogP contribution in [0.1, 0.15) is 39.7 Å². The van der Waals surface area contributed by atoms with E-state index in [0.29, 0.717) is 17.9 Å². The Morgan fingerprint density at radius 1 is 1.26 bits per heavy atom. The van der Waals surface area contributed by atoms with Gasteiger partial charge in [-0.1, -0.05) is 51.1 Å². The van der Waals surface area contributed by atoms with Gasteiger partial charge in [0.2, 0.25) is 0 Å². The third kappa shape index (κ3) is 2.11. The predicted octanol–water partition coefficient (Wildman–Crippen LogP) is 2.97. The number of hydrogen-bond donors (Lipinski definition) is 1. The standard InChI is InChI=1S/C16H25N3/c1-5-13(4)19-15(17)18-11-16(19,12(2)3)14-9-7-6-8-10-14/h6-10,12-13H,5,11H2,1-4H3,(H2,17,18). The molecule has 0 amide bonds. The SMILES string of the molecule is CCC(C)N1C(N)=NCC1(c1ccccc1)C(C)C. The van der Waals surface area contributed by atoms with Crippen molar-refractivity contribution in [2.24, 2.45) is 16.6 Å². The fourth-order valence-electron chi connectivity index (χ4n) is 3.11. The smallest absolute Gasteiger partial charge is 0.192 e. The minimum Gasteiger partial charge on any atom is -0.370 e. The van der Waals surface area contributed by atoms with Crippen LogP contribution < -0.4 is 5.73 Å². The minimum atomic E-state index is -0.0965. The van der Waals surface area contributed by atoms with Gasteiger partial charge in [0, 0.05) is 6.04 Å². The van der Waals surface area contributed by atoms with E-state index in [-0.39, 0.29) is 5.54 Å². The summed E-state index contributed by atoms with van der Waals surface area (Å²) < 4.78 is 0. The van der Waals surface area contributed by atoms with Crippen LogP contribution in [-0.4, -0.2) is 23.4 Å². The lowest BCUT2D eigenvalue weighted by molar-refractivity contribution is 0.100. The van der Waals surface area contributed by atoms with Gasteiger partial charge in [0.15, 0.2) is 5.96 Å². The molecule has 3 heteroatoms. The van der Waals surface area contributed by atoms with E-state index in [1.165, 1.54) is 5.56 Å². The van der Waals surface area contributed by atoms with Crippen molar-refractivity contribution in [3.8, 4) is 0 Å². The average molecular weight is 259 g/mol. The van der Waals surface area contributed by atoms with Gasteiger partial charge in [-0.3, -0.25) is 4.99 Å². The van der Waals surface area contributed by atoms with E-state index in [2.05, 4.69) is 67.9 Å². The third-order valence-electron chi connectivity index (χ3n) is 4.42. The fraction of sp³-hybridized carbons (Fsp3) is 0.562.